The van der Waals surface area contributed by atoms with Crippen molar-refractivity contribution in [2.45, 2.75) is 36.6 Å². The third-order valence-electron chi connectivity index (χ3n) is 5.20. The summed E-state index contributed by atoms with van der Waals surface area (Å²) in [6.45, 7) is 2.14. The molecule has 2 heterocycles. The summed E-state index contributed by atoms with van der Waals surface area (Å²) >= 11 is 1.16. The van der Waals surface area contributed by atoms with E-state index in [0.717, 1.165) is 11.3 Å². The summed E-state index contributed by atoms with van der Waals surface area (Å²) < 4.78 is 45.5. The highest BCUT2D eigenvalue weighted by Crippen LogP contribution is 2.27. The summed E-state index contributed by atoms with van der Waals surface area (Å²) in [5.41, 5.74) is 0.633. The molecule has 0 N–H and O–H groups in total. The zero-order chi connectivity index (χ0) is 22.6. The molecule has 10 heteroatoms. The van der Waals surface area contributed by atoms with Gasteiger partial charge in [0.15, 0.2) is 6.10 Å². The van der Waals surface area contributed by atoms with Crippen LogP contribution in [0.4, 0.5) is 4.39 Å². The van der Waals surface area contributed by atoms with Crippen molar-refractivity contribution in [1.82, 2.24) is 9.21 Å². The Bertz CT molecular complexity index is 1020. The lowest BCUT2D eigenvalue weighted by atomic mass is 9.98. The monoisotopic (exact) mass is 468 g/mol. The summed E-state index contributed by atoms with van der Waals surface area (Å²) in [6.07, 6.45) is -0.314. The van der Waals surface area contributed by atoms with E-state index in [1.807, 2.05) is 0 Å². The maximum atomic E-state index is 13.3. The van der Waals surface area contributed by atoms with Gasteiger partial charge in [-0.05, 0) is 48.9 Å². The van der Waals surface area contributed by atoms with Crippen LogP contribution < -0.4 is 0 Å². The van der Waals surface area contributed by atoms with Crippen molar-refractivity contribution in [3.8, 4) is 0 Å². The Kier molecular flexibility index (Phi) is 7.45. The second-order valence-corrected chi connectivity index (χ2v) is 10.6. The summed E-state index contributed by atoms with van der Waals surface area (Å²) in [5, 5.41) is 1.71. The van der Waals surface area contributed by atoms with Crippen LogP contribution in [0.2, 0.25) is 0 Å². The molecule has 0 saturated carbocycles. The highest BCUT2D eigenvalue weighted by atomic mass is 32.2. The average molecular weight is 469 g/mol. The van der Waals surface area contributed by atoms with Crippen molar-refractivity contribution >= 4 is 33.2 Å². The summed E-state index contributed by atoms with van der Waals surface area (Å²) in [6, 6.07) is 9.20. The molecule has 1 aromatic carbocycles. The maximum absolute atomic E-state index is 13.3. The highest BCUT2D eigenvalue weighted by molar-refractivity contribution is 7.91. The Morgan fingerprint density at radius 2 is 1.97 bits per heavy atom. The number of likely N-dealkylation sites (N-methyl/N-ethyl adjacent to an activating group) is 1. The maximum Gasteiger partial charge on any atom is 0.309 e. The van der Waals surface area contributed by atoms with E-state index in [1.54, 1.807) is 36.7 Å². The topological polar surface area (TPSA) is 84.0 Å². The zero-order valence-electron chi connectivity index (χ0n) is 17.4. The lowest BCUT2D eigenvalue weighted by Gasteiger charge is -2.30. The molecule has 0 unspecified atom stereocenters. The molecule has 2 aromatic rings. The number of benzene rings is 1. The van der Waals surface area contributed by atoms with Gasteiger partial charge in [-0.25, -0.2) is 12.8 Å². The number of piperidine rings is 1. The van der Waals surface area contributed by atoms with Crippen LogP contribution >= 0.6 is 11.3 Å². The molecule has 1 saturated heterocycles. The Morgan fingerprint density at radius 3 is 2.58 bits per heavy atom. The normalized spacial score (nSPS) is 16.6. The average Bonchev–Trinajstić information content (AvgIpc) is 3.29. The fourth-order valence-electron chi connectivity index (χ4n) is 3.49. The minimum Gasteiger partial charge on any atom is -0.452 e. The van der Waals surface area contributed by atoms with Crippen molar-refractivity contribution in [2.24, 2.45) is 5.92 Å². The Balaban J connectivity index is 1.50. The van der Waals surface area contributed by atoms with Crippen LogP contribution in [0.3, 0.4) is 0 Å². The minimum absolute atomic E-state index is 0.192. The van der Waals surface area contributed by atoms with Gasteiger partial charge in [0.1, 0.15) is 10.0 Å². The third-order valence-corrected chi connectivity index (χ3v) is 8.47. The number of hydrogen-bond acceptors (Lipinski definition) is 6. The smallest absolute Gasteiger partial charge is 0.309 e. The molecular formula is C21H25FN2O5S2. The van der Waals surface area contributed by atoms with Crippen LogP contribution in [-0.4, -0.2) is 55.7 Å². The number of nitrogens with zero attached hydrogens (tertiary/aromatic N) is 2. The summed E-state index contributed by atoms with van der Waals surface area (Å²) in [5.74, 6) is -1.74. The van der Waals surface area contributed by atoms with Gasteiger partial charge in [0.25, 0.3) is 15.9 Å². The number of rotatable bonds is 7. The standard InChI is InChI=1S/C21H25FN2O5S2/c1-15(20(25)23(2)14-16-5-3-6-18(22)13-16)29-21(26)17-8-10-24(11-9-17)31(27,28)19-7-4-12-30-19/h3-7,12-13,15,17H,8-11,14H2,1-2H3/t15-/m1/s1. The second kappa shape index (κ2) is 9.88. The molecular weight excluding hydrogens is 443 g/mol. The molecule has 1 atom stereocenters. The van der Waals surface area contributed by atoms with Crippen LogP contribution in [0.1, 0.15) is 25.3 Å². The predicted molar refractivity (Wildman–Crippen MR) is 114 cm³/mol. The Labute approximate surface area is 185 Å². The van der Waals surface area contributed by atoms with Crippen LogP contribution in [-0.2, 0) is 30.9 Å². The van der Waals surface area contributed by atoms with Gasteiger partial charge in [0, 0.05) is 26.7 Å². The predicted octanol–water partition coefficient (Wildman–Crippen LogP) is 2.88. The first-order valence-corrected chi connectivity index (χ1v) is 12.2. The van der Waals surface area contributed by atoms with Crippen molar-refractivity contribution in [2.75, 3.05) is 20.1 Å². The molecule has 3 rings (SSSR count). The van der Waals surface area contributed by atoms with Crippen LogP contribution in [0, 0.1) is 11.7 Å². The van der Waals surface area contributed by atoms with E-state index >= 15 is 0 Å². The number of halogens is 1. The molecule has 1 aliphatic rings. The van der Waals surface area contributed by atoms with Gasteiger partial charge in [0.05, 0.1) is 5.92 Å². The van der Waals surface area contributed by atoms with Crippen LogP contribution in [0.5, 0.6) is 0 Å². The van der Waals surface area contributed by atoms with E-state index in [0.29, 0.717) is 18.4 Å². The molecule has 1 fully saturated rings. The van der Waals surface area contributed by atoms with Crippen LogP contribution in [0.25, 0.3) is 0 Å². The molecule has 0 bridgehead atoms. The van der Waals surface area contributed by atoms with Gasteiger partial charge in [-0.15, -0.1) is 11.3 Å². The Morgan fingerprint density at radius 1 is 1.26 bits per heavy atom. The number of ether oxygens (including phenoxy) is 1. The van der Waals surface area contributed by atoms with E-state index in [9.17, 15) is 22.4 Å². The van der Waals surface area contributed by atoms with Crippen molar-refractivity contribution in [3.63, 3.8) is 0 Å². The third kappa shape index (κ3) is 5.69. The van der Waals surface area contributed by atoms with E-state index in [4.69, 9.17) is 4.74 Å². The number of thiophene rings is 1. The molecule has 1 aliphatic heterocycles. The Hall–Kier alpha value is -2.30. The molecule has 0 spiro atoms. The number of carbonyl (C=O) groups excluding carboxylic acids is 2. The van der Waals surface area contributed by atoms with Gasteiger partial charge in [-0.3, -0.25) is 9.59 Å². The number of amides is 1. The van der Waals surface area contributed by atoms with Gasteiger partial charge < -0.3 is 9.64 Å². The number of carbonyl (C=O) groups is 2. The molecule has 31 heavy (non-hydrogen) atoms. The molecule has 1 amide bonds. The van der Waals surface area contributed by atoms with E-state index in [-0.39, 0.29) is 29.7 Å². The quantitative estimate of drug-likeness (QED) is 0.584. The summed E-state index contributed by atoms with van der Waals surface area (Å²) in [7, 11) is -1.98. The second-order valence-electron chi connectivity index (χ2n) is 7.51. The molecule has 168 valence electrons. The van der Waals surface area contributed by atoms with Crippen LogP contribution in [0.15, 0.2) is 46.0 Å². The highest BCUT2D eigenvalue weighted by Gasteiger charge is 2.34. The van der Waals surface area contributed by atoms with Gasteiger partial charge in [-0.2, -0.15) is 4.31 Å². The fourth-order valence-corrected chi connectivity index (χ4v) is 6.10. The molecule has 0 radical (unpaired) electrons. The first-order chi connectivity index (χ1) is 14.7. The van der Waals surface area contributed by atoms with Gasteiger partial charge >= 0.3 is 5.97 Å². The number of esters is 1. The van der Waals surface area contributed by atoms with Gasteiger partial charge in [0.2, 0.25) is 0 Å². The SMILES string of the molecule is C[C@@H](OC(=O)C1CCN(S(=O)(=O)c2cccs2)CC1)C(=O)N(C)Cc1cccc(F)c1. The fraction of sp³-hybridized carbons (Fsp3) is 0.429. The van der Waals surface area contributed by atoms with E-state index in [1.165, 1.54) is 28.3 Å². The zero-order valence-corrected chi connectivity index (χ0v) is 19.0. The molecule has 7 nitrogen and oxygen atoms in total. The first kappa shape index (κ1) is 23.4. The van der Waals surface area contributed by atoms with Crippen molar-refractivity contribution < 1.29 is 27.1 Å². The lowest BCUT2D eigenvalue weighted by molar-refractivity contribution is -0.163. The van der Waals surface area contributed by atoms with Crippen molar-refractivity contribution in [3.05, 3.63) is 53.2 Å². The van der Waals surface area contributed by atoms with E-state index < -0.39 is 33.9 Å². The largest absolute Gasteiger partial charge is 0.452 e. The van der Waals surface area contributed by atoms with E-state index in [2.05, 4.69) is 0 Å². The number of hydrogen-bond donors (Lipinski definition) is 0. The van der Waals surface area contributed by atoms with Crippen molar-refractivity contribution in [1.29, 1.82) is 0 Å². The molecule has 1 aromatic heterocycles. The van der Waals surface area contributed by atoms with Gasteiger partial charge in [-0.1, -0.05) is 18.2 Å². The minimum atomic E-state index is -3.54. The lowest BCUT2D eigenvalue weighted by Crippen LogP contribution is -2.42. The number of sulfonamides is 1. The molecule has 0 aliphatic carbocycles. The first-order valence-electron chi connectivity index (χ1n) is 9.92. The summed E-state index contributed by atoms with van der Waals surface area (Å²) in [4.78, 5) is 26.4.